The Morgan fingerprint density at radius 1 is 0.958 bits per heavy atom. The molecule has 3 rings (SSSR count). The lowest BCUT2D eigenvalue weighted by Gasteiger charge is -2.04. The number of benzene rings is 2. The van der Waals surface area contributed by atoms with Gasteiger partial charge in [0, 0.05) is 21.5 Å². The maximum Gasteiger partial charge on any atom is 0.268 e. The average molecular weight is 382 g/mol. The number of fused-ring (bicyclic) bond motifs is 1. The van der Waals surface area contributed by atoms with Crippen molar-refractivity contribution < 1.29 is 9.59 Å². The molecule has 0 atom stereocenters. The van der Waals surface area contributed by atoms with Crippen LogP contribution in [-0.2, 0) is 0 Å². The third kappa shape index (κ3) is 3.56. The van der Waals surface area contributed by atoms with Crippen LogP contribution in [-0.4, -0.2) is 23.2 Å². The lowest BCUT2D eigenvalue weighted by Crippen LogP contribution is -2.29. The molecule has 0 aliphatic carbocycles. The molecule has 2 N–H and O–H groups in total. The Morgan fingerprint density at radius 2 is 1.75 bits per heavy atom. The molecule has 2 aromatic carbocycles. The number of Topliss-reactive ketones (excluding diaryl/α,β-unsaturated/α-hetero) is 1. The van der Waals surface area contributed by atoms with Crippen LogP contribution in [0.3, 0.4) is 0 Å². The number of hydrogen-bond donors (Lipinski definition) is 2. The summed E-state index contributed by atoms with van der Waals surface area (Å²) in [6, 6.07) is 11.5. The summed E-state index contributed by atoms with van der Waals surface area (Å²) in [5.41, 5.74) is 1.53. The van der Waals surface area contributed by atoms with E-state index in [2.05, 4.69) is 10.3 Å². The van der Waals surface area contributed by atoms with Crippen LogP contribution in [0.2, 0.25) is 15.1 Å². The number of hydrogen-bond acceptors (Lipinski definition) is 2. The monoisotopic (exact) mass is 380 g/mol. The summed E-state index contributed by atoms with van der Waals surface area (Å²) in [7, 11) is 0. The van der Waals surface area contributed by atoms with Gasteiger partial charge in [0.1, 0.15) is 5.69 Å². The molecule has 4 nitrogen and oxygen atoms in total. The standard InChI is InChI=1S/C17H11Cl3N2O2/c18-11-2-4-14-10(5-11)7-15(22-14)17(24)21-8-16(23)9-1-3-12(19)13(20)6-9/h1-7,22H,8H2,(H,21,24). The number of halogens is 3. The molecule has 3 aromatic rings. The maximum absolute atomic E-state index is 12.2. The second-order valence-corrected chi connectivity index (χ2v) is 6.40. The molecule has 0 fully saturated rings. The summed E-state index contributed by atoms with van der Waals surface area (Å²) in [4.78, 5) is 27.3. The van der Waals surface area contributed by atoms with Gasteiger partial charge in [0.15, 0.2) is 5.78 Å². The van der Waals surface area contributed by atoms with Crippen LogP contribution in [0.15, 0.2) is 42.5 Å². The molecule has 0 saturated carbocycles. The molecule has 0 radical (unpaired) electrons. The van der Waals surface area contributed by atoms with Crippen molar-refractivity contribution in [2.75, 3.05) is 6.54 Å². The largest absolute Gasteiger partial charge is 0.351 e. The summed E-state index contributed by atoms with van der Waals surface area (Å²) < 4.78 is 0. The number of aromatic nitrogens is 1. The minimum atomic E-state index is -0.379. The van der Waals surface area contributed by atoms with Gasteiger partial charge in [-0.1, -0.05) is 34.8 Å². The highest BCUT2D eigenvalue weighted by atomic mass is 35.5. The van der Waals surface area contributed by atoms with E-state index in [1.807, 2.05) is 0 Å². The van der Waals surface area contributed by atoms with E-state index >= 15 is 0 Å². The van der Waals surface area contributed by atoms with Crippen molar-refractivity contribution >= 4 is 57.4 Å². The fourth-order valence-electron chi connectivity index (χ4n) is 2.25. The first-order chi connectivity index (χ1) is 11.4. The van der Waals surface area contributed by atoms with Gasteiger partial charge < -0.3 is 10.3 Å². The topological polar surface area (TPSA) is 62.0 Å². The lowest BCUT2D eigenvalue weighted by molar-refractivity contribution is 0.0901. The van der Waals surface area contributed by atoms with Gasteiger partial charge in [0.2, 0.25) is 0 Å². The van der Waals surface area contributed by atoms with Crippen LogP contribution >= 0.6 is 34.8 Å². The first-order valence-electron chi connectivity index (χ1n) is 6.99. The number of amides is 1. The van der Waals surface area contributed by atoms with E-state index in [1.54, 1.807) is 36.4 Å². The van der Waals surface area contributed by atoms with Crippen molar-refractivity contribution in [1.29, 1.82) is 0 Å². The Kier molecular flexibility index (Phi) is 4.81. The Bertz CT molecular complexity index is 950. The highest BCUT2D eigenvalue weighted by Gasteiger charge is 2.13. The van der Waals surface area contributed by atoms with Gasteiger partial charge in [-0.05, 0) is 42.5 Å². The summed E-state index contributed by atoms with van der Waals surface area (Å²) in [5, 5.41) is 4.65. The van der Waals surface area contributed by atoms with E-state index in [9.17, 15) is 9.59 Å². The molecule has 0 bridgehead atoms. The average Bonchev–Trinajstić information content (AvgIpc) is 2.98. The van der Waals surface area contributed by atoms with Crippen LogP contribution in [0.25, 0.3) is 10.9 Å². The zero-order valence-electron chi connectivity index (χ0n) is 12.2. The van der Waals surface area contributed by atoms with Crippen LogP contribution < -0.4 is 5.32 Å². The summed E-state index contributed by atoms with van der Waals surface area (Å²) in [6.45, 7) is -0.146. The van der Waals surface area contributed by atoms with Crippen LogP contribution in [0, 0.1) is 0 Å². The molecule has 1 aromatic heterocycles. The molecular weight excluding hydrogens is 371 g/mol. The van der Waals surface area contributed by atoms with Gasteiger partial charge in [-0.3, -0.25) is 9.59 Å². The third-order valence-electron chi connectivity index (χ3n) is 3.48. The Morgan fingerprint density at radius 3 is 2.50 bits per heavy atom. The van der Waals surface area contributed by atoms with Gasteiger partial charge in [0.05, 0.1) is 16.6 Å². The predicted octanol–water partition coefficient (Wildman–Crippen LogP) is 4.74. The molecule has 7 heteroatoms. The molecule has 0 unspecified atom stereocenters. The van der Waals surface area contributed by atoms with Gasteiger partial charge in [-0.25, -0.2) is 0 Å². The highest BCUT2D eigenvalue weighted by Crippen LogP contribution is 2.23. The normalized spacial score (nSPS) is 10.8. The quantitative estimate of drug-likeness (QED) is 0.641. The lowest BCUT2D eigenvalue weighted by atomic mass is 10.1. The Labute approximate surface area is 152 Å². The van der Waals surface area contributed by atoms with Gasteiger partial charge in [-0.2, -0.15) is 0 Å². The number of rotatable bonds is 4. The van der Waals surface area contributed by atoms with Gasteiger partial charge in [-0.15, -0.1) is 0 Å². The molecule has 0 aliphatic rings. The van der Waals surface area contributed by atoms with E-state index < -0.39 is 0 Å². The van der Waals surface area contributed by atoms with Crippen molar-refractivity contribution in [3.63, 3.8) is 0 Å². The number of aromatic amines is 1. The Hall–Kier alpha value is -2.01. The van der Waals surface area contributed by atoms with Gasteiger partial charge in [0.25, 0.3) is 5.91 Å². The Balaban J connectivity index is 1.69. The van der Waals surface area contributed by atoms with E-state index in [4.69, 9.17) is 34.8 Å². The van der Waals surface area contributed by atoms with Crippen molar-refractivity contribution in [2.45, 2.75) is 0 Å². The first-order valence-corrected chi connectivity index (χ1v) is 8.12. The summed E-state index contributed by atoms with van der Waals surface area (Å²) in [5.74, 6) is -0.642. The number of carbonyl (C=O) groups excluding carboxylic acids is 2. The second kappa shape index (κ2) is 6.85. The summed E-state index contributed by atoms with van der Waals surface area (Å²) >= 11 is 17.6. The van der Waals surface area contributed by atoms with Crippen LogP contribution in [0.4, 0.5) is 0 Å². The molecule has 0 spiro atoms. The minimum Gasteiger partial charge on any atom is -0.351 e. The fraction of sp³-hybridized carbons (Fsp3) is 0.0588. The number of carbonyl (C=O) groups is 2. The fourth-order valence-corrected chi connectivity index (χ4v) is 2.73. The van der Waals surface area contributed by atoms with Crippen molar-refractivity contribution in [1.82, 2.24) is 10.3 Å². The minimum absolute atomic E-state index is 0.146. The molecule has 1 heterocycles. The molecular formula is C17H11Cl3N2O2. The van der Waals surface area contributed by atoms with Crippen LogP contribution in [0.5, 0.6) is 0 Å². The van der Waals surface area contributed by atoms with Crippen molar-refractivity contribution in [3.8, 4) is 0 Å². The first kappa shape index (κ1) is 16.8. The SMILES string of the molecule is O=C(CNC(=O)c1cc2cc(Cl)ccc2[nH]1)c1ccc(Cl)c(Cl)c1. The van der Waals surface area contributed by atoms with E-state index in [0.717, 1.165) is 10.9 Å². The second-order valence-electron chi connectivity index (χ2n) is 5.15. The molecule has 1 amide bonds. The summed E-state index contributed by atoms with van der Waals surface area (Å²) in [6.07, 6.45) is 0. The molecule has 0 saturated heterocycles. The molecule has 0 aliphatic heterocycles. The van der Waals surface area contributed by atoms with Crippen molar-refractivity contribution in [2.24, 2.45) is 0 Å². The highest BCUT2D eigenvalue weighted by molar-refractivity contribution is 6.42. The molecule has 24 heavy (non-hydrogen) atoms. The smallest absolute Gasteiger partial charge is 0.268 e. The third-order valence-corrected chi connectivity index (χ3v) is 4.45. The number of H-pyrrole nitrogens is 1. The zero-order valence-corrected chi connectivity index (χ0v) is 14.5. The zero-order chi connectivity index (χ0) is 17.3. The predicted molar refractivity (Wildman–Crippen MR) is 96.4 cm³/mol. The maximum atomic E-state index is 12.2. The number of ketones is 1. The van der Waals surface area contributed by atoms with E-state index in [-0.39, 0.29) is 18.2 Å². The van der Waals surface area contributed by atoms with Crippen molar-refractivity contribution in [3.05, 3.63) is 68.8 Å². The number of nitrogens with one attached hydrogen (secondary N) is 2. The van der Waals surface area contributed by atoms with Gasteiger partial charge >= 0.3 is 0 Å². The van der Waals surface area contributed by atoms with E-state index in [0.29, 0.717) is 26.3 Å². The van der Waals surface area contributed by atoms with E-state index in [1.165, 1.54) is 6.07 Å². The van der Waals surface area contributed by atoms with Crippen LogP contribution in [0.1, 0.15) is 20.8 Å². The molecule has 122 valence electrons.